The molecule has 56 valence electrons. The van der Waals surface area contributed by atoms with Crippen molar-refractivity contribution in [2.75, 3.05) is 0 Å². The standard InChI is InChI=1S/C7H3BrINO/c8-7-10-5-2-1-4(9)3-6(5)11-7/h1-3H. The van der Waals surface area contributed by atoms with E-state index in [-0.39, 0.29) is 0 Å². The van der Waals surface area contributed by atoms with E-state index in [2.05, 4.69) is 43.5 Å². The van der Waals surface area contributed by atoms with E-state index >= 15 is 0 Å². The van der Waals surface area contributed by atoms with Crippen LogP contribution in [0.15, 0.2) is 27.4 Å². The van der Waals surface area contributed by atoms with Gasteiger partial charge < -0.3 is 4.42 Å². The summed E-state index contributed by atoms with van der Waals surface area (Å²) in [6.07, 6.45) is 0. The highest BCUT2D eigenvalue weighted by Gasteiger charge is 2.01. The monoisotopic (exact) mass is 323 g/mol. The Bertz CT molecular complexity index is 398. The largest absolute Gasteiger partial charge is 0.431 e. The first-order valence-electron chi connectivity index (χ1n) is 2.97. The number of halogens is 2. The van der Waals surface area contributed by atoms with Gasteiger partial charge in [0.2, 0.25) is 0 Å². The van der Waals surface area contributed by atoms with Crippen LogP contribution in [-0.4, -0.2) is 4.98 Å². The molecule has 0 saturated heterocycles. The molecule has 0 atom stereocenters. The molecular weight excluding hydrogens is 321 g/mol. The number of fused-ring (bicyclic) bond motifs is 1. The summed E-state index contributed by atoms with van der Waals surface area (Å²) >= 11 is 5.40. The third-order valence-corrected chi connectivity index (χ3v) is 2.33. The predicted molar refractivity (Wildman–Crippen MR) is 54.4 cm³/mol. The van der Waals surface area contributed by atoms with E-state index in [1.165, 1.54) is 0 Å². The van der Waals surface area contributed by atoms with Gasteiger partial charge in [0.15, 0.2) is 5.58 Å². The van der Waals surface area contributed by atoms with Crippen molar-refractivity contribution < 1.29 is 4.42 Å². The Morgan fingerprint density at radius 2 is 2.27 bits per heavy atom. The minimum atomic E-state index is 0.537. The Labute approximate surface area is 85.3 Å². The smallest absolute Gasteiger partial charge is 0.265 e. The average molecular weight is 324 g/mol. The van der Waals surface area contributed by atoms with Crippen molar-refractivity contribution in [3.8, 4) is 0 Å². The van der Waals surface area contributed by atoms with Crippen LogP contribution in [0.25, 0.3) is 11.1 Å². The predicted octanol–water partition coefficient (Wildman–Crippen LogP) is 3.19. The van der Waals surface area contributed by atoms with Crippen LogP contribution in [0, 0.1) is 3.57 Å². The zero-order valence-electron chi connectivity index (χ0n) is 5.34. The molecule has 0 fully saturated rings. The lowest BCUT2D eigenvalue weighted by molar-refractivity contribution is 0.570. The Hall–Kier alpha value is -0.100. The molecule has 0 radical (unpaired) electrons. The zero-order chi connectivity index (χ0) is 7.84. The first-order chi connectivity index (χ1) is 5.25. The summed E-state index contributed by atoms with van der Waals surface area (Å²) in [6, 6.07) is 5.89. The van der Waals surface area contributed by atoms with Crippen molar-refractivity contribution in [3.63, 3.8) is 0 Å². The van der Waals surface area contributed by atoms with Crippen LogP contribution >= 0.6 is 38.5 Å². The van der Waals surface area contributed by atoms with Crippen LogP contribution in [0.3, 0.4) is 0 Å². The van der Waals surface area contributed by atoms with Crippen LogP contribution in [0.2, 0.25) is 0 Å². The number of rotatable bonds is 0. The van der Waals surface area contributed by atoms with Gasteiger partial charge in [-0.3, -0.25) is 0 Å². The number of benzene rings is 1. The molecule has 2 nitrogen and oxygen atoms in total. The van der Waals surface area contributed by atoms with E-state index in [9.17, 15) is 0 Å². The maximum atomic E-state index is 5.25. The molecule has 4 heteroatoms. The van der Waals surface area contributed by atoms with Gasteiger partial charge in [0.05, 0.1) is 0 Å². The normalized spacial score (nSPS) is 10.7. The van der Waals surface area contributed by atoms with Gasteiger partial charge in [0.25, 0.3) is 4.80 Å². The van der Waals surface area contributed by atoms with E-state index in [0.717, 1.165) is 14.7 Å². The van der Waals surface area contributed by atoms with E-state index in [4.69, 9.17) is 4.42 Å². The molecule has 0 unspecified atom stereocenters. The molecule has 0 amide bonds. The van der Waals surface area contributed by atoms with E-state index < -0.39 is 0 Å². The maximum Gasteiger partial charge on any atom is 0.265 e. The third-order valence-electron chi connectivity index (χ3n) is 1.32. The second-order valence-electron chi connectivity index (χ2n) is 2.08. The second-order valence-corrected chi connectivity index (χ2v) is 4.00. The van der Waals surface area contributed by atoms with Crippen LogP contribution in [0.4, 0.5) is 0 Å². The first kappa shape index (κ1) is 7.54. The number of nitrogens with zero attached hydrogens (tertiary/aromatic N) is 1. The Morgan fingerprint density at radius 3 is 3.09 bits per heavy atom. The summed E-state index contributed by atoms with van der Waals surface area (Å²) in [5.41, 5.74) is 1.71. The topological polar surface area (TPSA) is 26.0 Å². The SMILES string of the molecule is Brc1nc2ccc(I)cc2o1. The van der Waals surface area contributed by atoms with Gasteiger partial charge in [-0.25, -0.2) is 4.98 Å². The van der Waals surface area contributed by atoms with Crippen LogP contribution in [-0.2, 0) is 0 Å². The van der Waals surface area contributed by atoms with Gasteiger partial charge in [-0.1, -0.05) is 0 Å². The van der Waals surface area contributed by atoms with Crippen molar-refractivity contribution in [2.45, 2.75) is 0 Å². The van der Waals surface area contributed by atoms with E-state index in [0.29, 0.717) is 4.80 Å². The molecule has 2 rings (SSSR count). The minimum Gasteiger partial charge on any atom is -0.431 e. The average Bonchev–Trinajstić information content (AvgIpc) is 2.27. The quantitative estimate of drug-likeness (QED) is 0.696. The van der Waals surface area contributed by atoms with Gasteiger partial charge in [0, 0.05) is 19.5 Å². The van der Waals surface area contributed by atoms with Crippen molar-refractivity contribution in [3.05, 3.63) is 26.6 Å². The highest BCUT2D eigenvalue weighted by molar-refractivity contribution is 14.1. The van der Waals surface area contributed by atoms with E-state index in [1.54, 1.807) is 0 Å². The third kappa shape index (κ3) is 1.41. The molecule has 0 saturated carbocycles. The van der Waals surface area contributed by atoms with Gasteiger partial charge in [0.1, 0.15) is 5.52 Å². The number of hydrogen-bond donors (Lipinski definition) is 0. The Morgan fingerprint density at radius 1 is 1.45 bits per heavy atom. The first-order valence-corrected chi connectivity index (χ1v) is 4.84. The van der Waals surface area contributed by atoms with Crippen molar-refractivity contribution in [2.24, 2.45) is 0 Å². The fourth-order valence-electron chi connectivity index (χ4n) is 0.870. The molecule has 0 aliphatic rings. The van der Waals surface area contributed by atoms with Crippen molar-refractivity contribution in [1.29, 1.82) is 0 Å². The molecule has 0 aliphatic heterocycles. The van der Waals surface area contributed by atoms with Crippen molar-refractivity contribution in [1.82, 2.24) is 4.98 Å². The lowest BCUT2D eigenvalue weighted by Crippen LogP contribution is -1.69. The fraction of sp³-hybridized carbons (Fsp3) is 0. The summed E-state index contributed by atoms with van der Waals surface area (Å²) < 4.78 is 6.40. The lowest BCUT2D eigenvalue weighted by atomic mass is 10.3. The summed E-state index contributed by atoms with van der Waals surface area (Å²) in [7, 11) is 0. The summed E-state index contributed by atoms with van der Waals surface area (Å²) in [6.45, 7) is 0. The zero-order valence-corrected chi connectivity index (χ0v) is 9.09. The highest BCUT2D eigenvalue weighted by Crippen LogP contribution is 2.20. The number of oxazole rings is 1. The highest BCUT2D eigenvalue weighted by atomic mass is 127. The summed E-state index contributed by atoms with van der Waals surface area (Å²) in [4.78, 5) is 4.64. The Balaban J connectivity index is 2.82. The molecule has 1 heterocycles. The molecule has 1 aromatic carbocycles. The molecule has 2 aromatic rings. The van der Waals surface area contributed by atoms with Crippen LogP contribution in [0.1, 0.15) is 0 Å². The summed E-state index contributed by atoms with van der Waals surface area (Å²) in [5.74, 6) is 0. The molecule has 1 aromatic heterocycles. The molecular formula is C7H3BrINO. The molecule has 0 aliphatic carbocycles. The summed E-state index contributed by atoms with van der Waals surface area (Å²) in [5, 5.41) is 0. The molecule has 11 heavy (non-hydrogen) atoms. The Kier molecular flexibility index (Phi) is 1.88. The fourth-order valence-corrected chi connectivity index (χ4v) is 1.70. The molecule has 0 bridgehead atoms. The second kappa shape index (κ2) is 2.75. The van der Waals surface area contributed by atoms with Gasteiger partial charge in [-0.2, -0.15) is 0 Å². The van der Waals surface area contributed by atoms with Gasteiger partial charge in [-0.15, -0.1) is 0 Å². The number of aromatic nitrogens is 1. The van der Waals surface area contributed by atoms with Crippen LogP contribution < -0.4 is 0 Å². The lowest BCUT2D eigenvalue weighted by Gasteiger charge is -1.86. The van der Waals surface area contributed by atoms with Gasteiger partial charge in [-0.05, 0) is 40.8 Å². The molecule has 0 N–H and O–H groups in total. The van der Waals surface area contributed by atoms with Crippen molar-refractivity contribution >= 4 is 49.6 Å². The van der Waals surface area contributed by atoms with E-state index in [1.807, 2.05) is 18.2 Å². The minimum absolute atomic E-state index is 0.537. The number of hydrogen-bond acceptors (Lipinski definition) is 2. The van der Waals surface area contributed by atoms with Gasteiger partial charge >= 0.3 is 0 Å². The maximum absolute atomic E-state index is 5.25. The molecule has 0 spiro atoms. The van der Waals surface area contributed by atoms with Crippen LogP contribution in [0.5, 0.6) is 0 Å².